The molecule has 7 heteroatoms. The maximum Gasteiger partial charge on any atom is 0.304 e. The van der Waals surface area contributed by atoms with Gasteiger partial charge in [0.2, 0.25) is 0 Å². The first-order chi connectivity index (χ1) is 8.22. The molecule has 0 radical (unpaired) electrons. The van der Waals surface area contributed by atoms with E-state index in [4.69, 9.17) is 5.11 Å². The van der Waals surface area contributed by atoms with Gasteiger partial charge in [0.25, 0.3) is 0 Å². The molecule has 1 aromatic rings. The number of rotatable bonds is 6. The van der Waals surface area contributed by atoms with Gasteiger partial charge in [0.05, 0.1) is 23.1 Å². The van der Waals surface area contributed by atoms with Crippen molar-refractivity contribution >= 4 is 15.8 Å². The molecule has 1 rings (SSSR count). The van der Waals surface area contributed by atoms with Crippen LogP contribution < -0.4 is 0 Å². The average molecular weight is 274 g/mol. The highest BCUT2D eigenvalue weighted by atomic mass is 32.2. The zero-order valence-corrected chi connectivity index (χ0v) is 11.5. The Balaban J connectivity index is 2.78. The van der Waals surface area contributed by atoms with Crippen LogP contribution >= 0.6 is 0 Å². The second kappa shape index (κ2) is 5.51. The second-order valence-corrected chi connectivity index (χ2v) is 7.02. The Labute approximate surface area is 107 Å². The minimum Gasteiger partial charge on any atom is -0.481 e. The number of carboxylic acid groups (broad SMARTS) is 1. The van der Waals surface area contributed by atoms with Gasteiger partial charge < -0.3 is 5.11 Å². The summed E-state index contributed by atoms with van der Waals surface area (Å²) >= 11 is 0. The predicted octanol–water partition coefficient (Wildman–Crippen LogP) is 1.24. The molecular weight excluding hydrogens is 256 g/mol. The van der Waals surface area contributed by atoms with Crippen LogP contribution in [0.15, 0.2) is 12.3 Å². The molecule has 1 heterocycles. The summed E-state index contributed by atoms with van der Waals surface area (Å²) < 4.78 is 25.5. The van der Waals surface area contributed by atoms with Gasteiger partial charge in [-0.25, -0.2) is 8.42 Å². The molecule has 1 aromatic heterocycles. The summed E-state index contributed by atoms with van der Waals surface area (Å²) in [4.78, 5) is 10.5. The third kappa shape index (κ3) is 3.83. The SMILES string of the molecule is CC(C)n1ccc(CS(=O)(=O)C(C)CC(=O)O)n1. The van der Waals surface area contributed by atoms with Crippen molar-refractivity contribution in [3.8, 4) is 0 Å². The number of hydrogen-bond acceptors (Lipinski definition) is 4. The fourth-order valence-electron chi connectivity index (χ4n) is 1.46. The molecule has 0 spiro atoms. The number of aromatic nitrogens is 2. The van der Waals surface area contributed by atoms with E-state index < -0.39 is 21.1 Å². The Kier molecular flexibility index (Phi) is 4.50. The summed E-state index contributed by atoms with van der Waals surface area (Å²) in [5.41, 5.74) is 0.445. The maximum absolute atomic E-state index is 11.9. The summed E-state index contributed by atoms with van der Waals surface area (Å²) in [6.45, 7) is 5.29. The van der Waals surface area contributed by atoms with Gasteiger partial charge in [-0.05, 0) is 26.8 Å². The standard InChI is InChI=1S/C11H18N2O4S/c1-8(2)13-5-4-10(12-13)7-18(16,17)9(3)6-11(14)15/h4-5,8-9H,6-7H2,1-3H3,(H,14,15). The van der Waals surface area contributed by atoms with Crippen LogP contribution in [0.25, 0.3) is 0 Å². The number of hydrogen-bond donors (Lipinski definition) is 1. The zero-order chi connectivity index (χ0) is 13.9. The van der Waals surface area contributed by atoms with Gasteiger partial charge in [0.15, 0.2) is 9.84 Å². The predicted molar refractivity (Wildman–Crippen MR) is 67.0 cm³/mol. The van der Waals surface area contributed by atoms with Gasteiger partial charge >= 0.3 is 5.97 Å². The fourth-order valence-corrected chi connectivity index (χ4v) is 2.71. The molecule has 1 atom stereocenters. The fraction of sp³-hybridized carbons (Fsp3) is 0.636. The van der Waals surface area contributed by atoms with E-state index in [0.29, 0.717) is 5.69 Å². The molecule has 0 aliphatic carbocycles. The quantitative estimate of drug-likeness (QED) is 0.843. The largest absolute Gasteiger partial charge is 0.481 e. The average Bonchev–Trinajstić information content (AvgIpc) is 2.64. The summed E-state index contributed by atoms with van der Waals surface area (Å²) in [5, 5.41) is 11.8. The lowest BCUT2D eigenvalue weighted by Gasteiger charge is -2.09. The number of carboxylic acids is 1. The van der Waals surface area contributed by atoms with Crippen molar-refractivity contribution in [2.75, 3.05) is 0 Å². The van der Waals surface area contributed by atoms with E-state index in [2.05, 4.69) is 5.10 Å². The Bertz CT molecular complexity index is 519. The Hall–Kier alpha value is -1.37. The molecule has 18 heavy (non-hydrogen) atoms. The van der Waals surface area contributed by atoms with Gasteiger partial charge in [0, 0.05) is 12.2 Å². The van der Waals surface area contributed by atoms with Crippen molar-refractivity contribution in [2.45, 2.75) is 44.2 Å². The second-order valence-electron chi connectivity index (χ2n) is 4.60. The van der Waals surface area contributed by atoms with Crippen LogP contribution in [-0.4, -0.2) is 34.5 Å². The topological polar surface area (TPSA) is 89.3 Å². The smallest absolute Gasteiger partial charge is 0.304 e. The lowest BCUT2D eigenvalue weighted by Crippen LogP contribution is -2.23. The third-order valence-corrected chi connectivity index (χ3v) is 4.71. The first-order valence-corrected chi connectivity index (χ1v) is 7.41. The molecule has 102 valence electrons. The highest BCUT2D eigenvalue weighted by molar-refractivity contribution is 7.91. The summed E-state index contributed by atoms with van der Waals surface area (Å²) in [6.07, 6.45) is 1.34. The first-order valence-electron chi connectivity index (χ1n) is 5.69. The molecular formula is C11H18N2O4S. The lowest BCUT2D eigenvalue weighted by molar-refractivity contribution is -0.136. The Morgan fingerprint density at radius 2 is 2.06 bits per heavy atom. The van der Waals surface area contributed by atoms with E-state index in [-0.39, 0.29) is 18.2 Å². The van der Waals surface area contributed by atoms with Crippen LogP contribution in [0.3, 0.4) is 0 Å². The van der Waals surface area contributed by atoms with Crippen LogP contribution in [0, 0.1) is 0 Å². The molecule has 1 unspecified atom stereocenters. The lowest BCUT2D eigenvalue weighted by atomic mass is 10.3. The van der Waals surface area contributed by atoms with Crippen LogP contribution in [0.5, 0.6) is 0 Å². The monoisotopic (exact) mass is 274 g/mol. The van der Waals surface area contributed by atoms with Gasteiger partial charge in [-0.2, -0.15) is 5.10 Å². The summed E-state index contributed by atoms with van der Waals surface area (Å²) in [7, 11) is -3.48. The molecule has 0 fully saturated rings. The zero-order valence-electron chi connectivity index (χ0n) is 10.7. The van der Waals surface area contributed by atoms with Gasteiger partial charge in [0.1, 0.15) is 0 Å². The van der Waals surface area contributed by atoms with Gasteiger partial charge in [-0.15, -0.1) is 0 Å². The number of nitrogens with zero attached hydrogens (tertiary/aromatic N) is 2. The maximum atomic E-state index is 11.9. The summed E-state index contributed by atoms with van der Waals surface area (Å²) in [5.74, 6) is -1.33. The van der Waals surface area contributed by atoms with E-state index in [1.54, 1.807) is 16.9 Å². The highest BCUT2D eigenvalue weighted by Crippen LogP contribution is 2.13. The van der Waals surface area contributed by atoms with Crippen molar-refractivity contribution < 1.29 is 18.3 Å². The number of aliphatic carboxylic acids is 1. The normalized spacial score (nSPS) is 13.8. The number of carbonyl (C=O) groups is 1. The molecule has 6 nitrogen and oxygen atoms in total. The van der Waals surface area contributed by atoms with Crippen LogP contribution in [0.4, 0.5) is 0 Å². The van der Waals surface area contributed by atoms with E-state index in [1.807, 2.05) is 13.8 Å². The molecule has 0 bridgehead atoms. The molecule has 1 N–H and O–H groups in total. The third-order valence-electron chi connectivity index (χ3n) is 2.62. The molecule has 0 aliphatic heterocycles. The van der Waals surface area contributed by atoms with E-state index in [9.17, 15) is 13.2 Å². The summed E-state index contributed by atoms with van der Waals surface area (Å²) in [6, 6.07) is 1.81. The van der Waals surface area contributed by atoms with Gasteiger partial charge in [-0.3, -0.25) is 9.48 Å². The Morgan fingerprint density at radius 3 is 2.50 bits per heavy atom. The van der Waals surface area contributed by atoms with Crippen LogP contribution in [0.2, 0.25) is 0 Å². The minimum atomic E-state index is -3.48. The van der Waals surface area contributed by atoms with Crippen molar-refractivity contribution in [1.82, 2.24) is 9.78 Å². The van der Waals surface area contributed by atoms with Crippen LogP contribution in [0.1, 0.15) is 38.9 Å². The molecule has 0 aliphatic rings. The molecule has 0 amide bonds. The number of sulfone groups is 1. The van der Waals surface area contributed by atoms with Crippen molar-refractivity contribution in [3.05, 3.63) is 18.0 Å². The molecule has 0 saturated heterocycles. The van der Waals surface area contributed by atoms with E-state index >= 15 is 0 Å². The Morgan fingerprint density at radius 1 is 1.44 bits per heavy atom. The molecule has 0 aromatic carbocycles. The first kappa shape index (κ1) is 14.7. The van der Waals surface area contributed by atoms with E-state index in [1.165, 1.54) is 6.92 Å². The minimum absolute atomic E-state index is 0.165. The van der Waals surface area contributed by atoms with Gasteiger partial charge in [-0.1, -0.05) is 0 Å². The van der Waals surface area contributed by atoms with Crippen molar-refractivity contribution in [3.63, 3.8) is 0 Å². The highest BCUT2D eigenvalue weighted by Gasteiger charge is 2.24. The van der Waals surface area contributed by atoms with Crippen molar-refractivity contribution in [2.24, 2.45) is 0 Å². The van der Waals surface area contributed by atoms with Crippen LogP contribution in [-0.2, 0) is 20.4 Å². The van der Waals surface area contributed by atoms with E-state index in [0.717, 1.165) is 0 Å². The molecule has 0 saturated carbocycles. The van der Waals surface area contributed by atoms with Crippen molar-refractivity contribution in [1.29, 1.82) is 0 Å².